The summed E-state index contributed by atoms with van der Waals surface area (Å²) in [7, 11) is 0. The molecule has 164 valence electrons. The van der Waals surface area contributed by atoms with Gasteiger partial charge in [0.25, 0.3) is 0 Å². The molecule has 0 saturated heterocycles. The lowest BCUT2D eigenvalue weighted by atomic mass is 10.00. The van der Waals surface area contributed by atoms with E-state index in [0.29, 0.717) is 72.7 Å². The molecule has 0 spiro atoms. The minimum atomic E-state index is -0.114. The number of carbonyl (C=O) groups is 1. The van der Waals surface area contributed by atoms with Crippen LogP contribution in [0.25, 0.3) is 0 Å². The van der Waals surface area contributed by atoms with Gasteiger partial charge in [-0.3, -0.25) is 4.79 Å². The third-order valence-electron chi connectivity index (χ3n) is 3.88. The van der Waals surface area contributed by atoms with Gasteiger partial charge in [0, 0.05) is 0 Å². The maximum absolute atomic E-state index is 11.9. The average molecular weight is 403 g/mol. The van der Waals surface area contributed by atoms with Gasteiger partial charge in [-0.15, -0.1) is 6.42 Å². The number of unbranched alkanes of at least 4 members (excludes halogenated alkanes) is 1. The number of carbonyl (C=O) groups excluding carboxylic acids is 1. The van der Waals surface area contributed by atoms with E-state index in [0.717, 1.165) is 25.7 Å². The van der Waals surface area contributed by atoms with Crippen molar-refractivity contribution in [2.75, 3.05) is 72.7 Å². The lowest BCUT2D eigenvalue weighted by Gasteiger charge is -2.13. The number of hydrogen-bond donors (Lipinski definition) is 0. The predicted molar refractivity (Wildman–Crippen MR) is 107 cm³/mol. The van der Waals surface area contributed by atoms with Crippen LogP contribution in [0.1, 0.15) is 39.5 Å². The van der Waals surface area contributed by atoms with Gasteiger partial charge in [0.2, 0.25) is 0 Å². The van der Waals surface area contributed by atoms with E-state index in [1.807, 2.05) is 6.92 Å². The zero-order chi connectivity index (χ0) is 20.7. The van der Waals surface area contributed by atoms with Gasteiger partial charge in [-0.2, -0.15) is 0 Å². The highest BCUT2D eigenvalue weighted by atomic mass is 16.6. The number of esters is 1. The Labute approximate surface area is 170 Å². The normalized spacial score (nSPS) is 11.9. The SMILES string of the molecule is C#CCOCCOCCOCCOCCOCCOC(=O)C(CC)CCCC. The van der Waals surface area contributed by atoms with E-state index >= 15 is 0 Å². The van der Waals surface area contributed by atoms with E-state index in [4.69, 9.17) is 34.8 Å². The summed E-state index contributed by atoms with van der Waals surface area (Å²) in [6, 6.07) is 0. The first-order valence-corrected chi connectivity index (χ1v) is 10.2. The van der Waals surface area contributed by atoms with Gasteiger partial charge in [-0.1, -0.05) is 32.6 Å². The second kappa shape index (κ2) is 22.1. The van der Waals surface area contributed by atoms with Gasteiger partial charge in [0.05, 0.1) is 65.4 Å². The summed E-state index contributed by atoms with van der Waals surface area (Å²) in [5.74, 6) is 2.28. The summed E-state index contributed by atoms with van der Waals surface area (Å²) < 4.78 is 31.8. The van der Waals surface area contributed by atoms with Gasteiger partial charge < -0.3 is 28.4 Å². The van der Waals surface area contributed by atoms with Crippen molar-refractivity contribution in [1.82, 2.24) is 0 Å². The largest absolute Gasteiger partial charge is 0.463 e. The van der Waals surface area contributed by atoms with Crippen molar-refractivity contribution in [2.45, 2.75) is 39.5 Å². The molecular weight excluding hydrogens is 364 g/mol. The lowest BCUT2D eigenvalue weighted by Crippen LogP contribution is -2.20. The first kappa shape index (κ1) is 26.8. The Hall–Kier alpha value is -1.17. The molecule has 0 aliphatic rings. The van der Waals surface area contributed by atoms with Gasteiger partial charge in [-0.05, 0) is 12.8 Å². The molecule has 0 aromatic carbocycles. The molecule has 7 nitrogen and oxygen atoms in total. The third kappa shape index (κ3) is 18.2. The summed E-state index contributed by atoms with van der Waals surface area (Å²) >= 11 is 0. The number of rotatable bonds is 21. The van der Waals surface area contributed by atoms with E-state index < -0.39 is 0 Å². The summed E-state index contributed by atoms with van der Waals surface area (Å²) in [4.78, 5) is 11.9. The highest BCUT2D eigenvalue weighted by molar-refractivity contribution is 5.72. The van der Waals surface area contributed by atoms with Crippen LogP contribution in [0.4, 0.5) is 0 Å². The second-order valence-electron chi connectivity index (χ2n) is 6.12. The van der Waals surface area contributed by atoms with Crippen molar-refractivity contribution in [3.05, 3.63) is 0 Å². The van der Waals surface area contributed by atoms with Gasteiger partial charge in [0.15, 0.2) is 0 Å². The Balaban J connectivity index is 3.25. The van der Waals surface area contributed by atoms with Crippen molar-refractivity contribution in [1.29, 1.82) is 0 Å². The molecular formula is C21H38O7. The minimum absolute atomic E-state index is 0.00970. The summed E-state index contributed by atoms with van der Waals surface area (Å²) in [5.41, 5.74) is 0. The Morgan fingerprint density at radius 3 is 1.68 bits per heavy atom. The fourth-order valence-electron chi connectivity index (χ4n) is 2.27. The second-order valence-corrected chi connectivity index (χ2v) is 6.12. The maximum Gasteiger partial charge on any atom is 0.308 e. The molecule has 1 atom stereocenters. The van der Waals surface area contributed by atoms with Crippen molar-refractivity contribution < 1.29 is 33.2 Å². The van der Waals surface area contributed by atoms with Crippen LogP contribution in [0.15, 0.2) is 0 Å². The molecule has 1 unspecified atom stereocenters. The minimum Gasteiger partial charge on any atom is -0.463 e. The van der Waals surface area contributed by atoms with E-state index in [1.54, 1.807) is 0 Å². The van der Waals surface area contributed by atoms with Gasteiger partial charge in [0.1, 0.15) is 13.2 Å². The highest BCUT2D eigenvalue weighted by Crippen LogP contribution is 2.14. The predicted octanol–water partition coefficient (Wildman–Crippen LogP) is 2.46. The molecule has 0 amide bonds. The van der Waals surface area contributed by atoms with Crippen LogP contribution in [0, 0.1) is 18.3 Å². The Bertz CT molecular complexity index is 381. The summed E-state index contributed by atoms with van der Waals surface area (Å²) in [5, 5.41) is 0. The Morgan fingerprint density at radius 2 is 1.25 bits per heavy atom. The van der Waals surface area contributed by atoms with Crippen molar-refractivity contribution in [2.24, 2.45) is 5.92 Å². The smallest absolute Gasteiger partial charge is 0.308 e. The maximum atomic E-state index is 11.9. The summed E-state index contributed by atoms with van der Waals surface area (Å²) in [6.07, 6.45) is 8.92. The molecule has 0 fully saturated rings. The van der Waals surface area contributed by atoms with Gasteiger partial charge in [-0.25, -0.2) is 0 Å². The van der Waals surface area contributed by atoms with E-state index in [-0.39, 0.29) is 11.9 Å². The van der Waals surface area contributed by atoms with Crippen molar-refractivity contribution in [3.8, 4) is 12.3 Å². The summed E-state index contributed by atoms with van der Waals surface area (Å²) in [6.45, 7) is 9.09. The molecule has 0 aromatic heterocycles. The molecule has 0 aliphatic carbocycles. The van der Waals surface area contributed by atoms with Crippen LogP contribution in [-0.4, -0.2) is 78.6 Å². The topological polar surface area (TPSA) is 72.5 Å². The molecule has 28 heavy (non-hydrogen) atoms. The van der Waals surface area contributed by atoms with Crippen molar-refractivity contribution >= 4 is 5.97 Å². The molecule has 0 radical (unpaired) electrons. The molecule has 0 aromatic rings. The quantitative estimate of drug-likeness (QED) is 0.166. The molecule has 0 bridgehead atoms. The standard InChI is InChI=1S/C21H38O7/c1-4-7-8-20(6-3)21(22)28-19-18-27-17-16-26-15-14-25-13-12-24-11-10-23-9-5-2/h2,20H,4,6-19H2,1,3H3. The van der Waals surface area contributed by atoms with Gasteiger partial charge >= 0.3 is 5.97 Å². The Morgan fingerprint density at radius 1 is 0.786 bits per heavy atom. The van der Waals surface area contributed by atoms with Crippen LogP contribution in [0.2, 0.25) is 0 Å². The number of hydrogen-bond acceptors (Lipinski definition) is 7. The fourth-order valence-corrected chi connectivity index (χ4v) is 2.27. The number of ether oxygens (including phenoxy) is 6. The average Bonchev–Trinajstić information content (AvgIpc) is 2.70. The van der Waals surface area contributed by atoms with E-state index in [2.05, 4.69) is 12.8 Å². The van der Waals surface area contributed by atoms with E-state index in [9.17, 15) is 4.79 Å². The molecule has 0 N–H and O–H groups in total. The number of terminal acetylenes is 1. The first-order valence-electron chi connectivity index (χ1n) is 10.2. The molecule has 0 aliphatic heterocycles. The van der Waals surface area contributed by atoms with E-state index in [1.165, 1.54) is 0 Å². The molecule has 0 heterocycles. The van der Waals surface area contributed by atoms with Crippen LogP contribution in [0.5, 0.6) is 0 Å². The zero-order valence-corrected chi connectivity index (χ0v) is 17.6. The Kier molecular flexibility index (Phi) is 21.2. The molecule has 7 heteroatoms. The monoisotopic (exact) mass is 402 g/mol. The van der Waals surface area contributed by atoms with Crippen LogP contribution in [0.3, 0.4) is 0 Å². The first-order chi connectivity index (χ1) is 13.8. The molecule has 0 saturated carbocycles. The molecule has 0 rings (SSSR count). The lowest BCUT2D eigenvalue weighted by molar-refractivity contribution is -0.150. The zero-order valence-electron chi connectivity index (χ0n) is 17.6. The fraction of sp³-hybridized carbons (Fsp3) is 0.857. The van der Waals surface area contributed by atoms with Crippen LogP contribution >= 0.6 is 0 Å². The van der Waals surface area contributed by atoms with Crippen LogP contribution < -0.4 is 0 Å². The third-order valence-corrected chi connectivity index (χ3v) is 3.88. The van der Waals surface area contributed by atoms with Crippen molar-refractivity contribution in [3.63, 3.8) is 0 Å². The highest BCUT2D eigenvalue weighted by Gasteiger charge is 2.16. The van der Waals surface area contributed by atoms with Crippen LogP contribution in [-0.2, 0) is 33.2 Å².